The maximum absolute atomic E-state index is 12.4. The summed E-state index contributed by atoms with van der Waals surface area (Å²) in [5, 5.41) is 34.6. The number of hydrogen-bond donors (Lipinski definition) is 8. The molecule has 0 aliphatic rings. The van der Waals surface area contributed by atoms with Gasteiger partial charge in [-0.3, -0.25) is 29.1 Å². The Kier molecular flexibility index (Phi) is 27.4. The summed E-state index contributed by atoms with van der Waals surface area (Å²) in [5.41, 5.74) is 2.80. The van der Waals surface area contributed by atoms with Crippen LogP contribution in [-0.2, 0) is 28.8 Å². The molecular weight excluding hydrogens is 907 g/mol. The first kappa shape index (κ1) is 57.7. The third-order valence-corrected chi connectivity index (χ3v) is 9.62. The number of para-hydroxylation sites is 2. The number of unbranched alkanes of at least 4 members (excludes halogenated alkanes) is 7. The number of nitrogens with zero attached hydrogens (tertiary/aromatic N) is 2. The fourth-order valence-electron chi connectivity index (χ4n) is 6.16. The molecule has 0 unspecified atom stereocenters. The van der Waals surface area contributed by atoms with Crippen LogP contribution in [0.25, 0.3) is 21.8 Å². The second-order valence-electron chi connectivity index (χ2n) is 15.2. The van der Waals surface area contributed by atoms with Gasteiger partial charge < -0.3 is 42.1 Å². The van der Waals surface area contributed by atoms with E-state index in [0.29, 0.717) is 24.5 Å². The number of rotatable bonds is 27. The summed E-state index contributed by atoms with van der Waals surface area (Å²) in [6, 6.07) is 18.9. The van der Waals surface area contributed by atoms with E-state index in [9.17, 15) is 45.5 Å². The predicted molar refractivity (Wildman–Crippen MR) is 245 cm³/mol. The topological polar surface area (TPSA) is 241 Å². The number of alkyl halides is 6. The zero-order valence-electron chi connectivity index (χ0n) is 37.6. The molecule has 0 saturated carbocycles. The first-order chi connectivity index (χ1) is 32.4. The molecule has 22 heteroatoms. The van der Waals surface area contributed by atoms with Gasteiger partial charge >= 0.3 is 24.3 Å². The Hall–Kier alpha value is -6.42. The standard InChI is InChI=1S/C42H58N8O4.2C2HF3O2/c51-37(21-23-39(53)49-35-19-9-15-33-17-11-29-47-41(33)35)45-31-13-27-43-25-7-5-3-1-2-4-6-8-26-44-28-14-32-46-38(52)22-24-40(54)50-36-20-10-16-34-18-12-30-48-42(34)36;2*3-2(4,5)1(6)7/h9-12,15-20,29-30,43-44H,1-8,13-14,21-28,31-32H2,(H,45,51)(H,46,52)(H,49,53)(H,50,54);2*(H,6,7). The molecule has 2 heterocycles. The van der Waals surface area contributed by atoms with Gasteiger partial charge in [0.05, 0.1) is 22.4 Å². The van der Waals surface area contributed by atoms with Crippen LogP contribution in [0.15, 0.2) is 73.1 Å². The van der Waals surface area contributed by atoms with Crippen molar-refractivity contribution in [2.24, 2.45) is 0 Å². The van der Waals surface area contributed by atoms with Gasteiger partial charge in [-0.15, -0.1) is 0 Å². The predicted octanol–water partition coefficient (Wildman–Crippen LogP) is 7.50. The number of halogens is 6. The van der Waals surface area contributed by atoms with Crippen LogP contribution < -0.4 is 31.9 Å². The van der Waals surface area contributed by atoms with E-state index in [1.54, 1.807) is 12.4 Å². The molecule has 2 aromatic carbocycles. The Morgan fingerprint density at radius 3 is 1.09 bits per heavy atom. The van der Waals surface area contributed by atoms with Crippen molar-refractivity contribution in [3.63, 3.8) is 0 Å². The number of hydrogen-bond acceptors (Lipinski definition) is 10. The van der Waals surface area contributed by atoms with Crippen molar-refractivity contribution in [1.82, 2.24) is 31.2 Å². The van der Waals surface area contributed by atoms with Gasteiger partial charge in [0.25, 0.3) is 0 Å². The Balaban J connectivity index is 0.000000982. The largest absolute Gasteiger partial charge is 0.490 e. The van der Waals surface area contributed by atoms with E-state index in [4.69, 9.17) is 19.8 Å². The number of carboxylic acids is 2. The van der Waals surface area contributed by atoms with Crippen molar-refractivity contribution in [3.05, 3.63) is 73.1 Å². The zero-order chi connectivity index (χ0) is 50.2. The monoisotopic (exact) mass is 966 g/mol. The summed E-state index contributed by atoms with van der Waals surface area (Å²) >= 11 is 0. The number of amides is 4. The number of aliphatic carboxylic acids is 2. The van der Waals surface area contributed by atoms with E-state index < -0.39 is 24.3 Å². The summed E-state index contributed by atoms with van der Waals surface area (Å²) in [5.74, 6) is -6.12. The van der Waals surface area contributed by atoms with Gasteiger partial charge in [-0.25, -0.2) is 9.59 Å². The van der Waals surface area contributed by atoms with Crippen LogP contribution in [-0.4, -0.2) is 107 Å². The van der Waals surface area contributed by atoms with E-state index in [1.165, 1.54) is 38.5 Å². The second kappa shape index (κ2) is 32.3. The van der Waals surface area contributed by atoms with E-state index in [2.05, 4.69) is 41.9 Å². The molecule has 0 spiro atoms. The molecule has 4 rings (SSSR count). The molecule has 0 radical (unpaired) electrons. The summed E-state index contributed by atoms with van der Waals surface area (Å²) in [6.07, 6.45) is 5.40. The number of carboxylic acid groups (broad SMARTS) is 2. The summed E-state index contributed by atoms with van der Waals surface area (Å²) in [7, 11) is 0. The summed E-state index contributed by atoms with van der Waals surface area (Å²) in [4.78, 5) is 75.5. The molecule has 374 valence electrons. The zero-order valence-corrected chi connectivity index (χ0v) is 37.6. The minimum Gasteiger partial charge on any atom is -0.475 e. The van der Waals surface area contributed by atoms with Gasteiger partial charge in [0.1, 0.15) is 0 Å². The molecule has 8 N–H and O–H groups in total. The number of carbonyl (C=O) groups is 6. The molecule has 0 fully saturated rings. The third-order valence-electron chi connectivity index (χ3n) is 9.62. The van der Waals surface area contributed by atoms with Crippen LogP contribution in [0.1, 0.15) is 89.9 Å². The van der Waals surface area contributed by atoms with Crippen molar-refractivity contribution in [3.8, 4) is 0 Å². The van der Waals surface area contributed by atoms with Crippen molar-refractivity contribution in [2.45, 2.75) is 102 Å². The van der Waals surface area contributed by atoms with Gasteiger partial charge in [0.2, 0.25) is 23.6 Å². The molecule has 16 nitrogen and oxygen atoms in total. The molecule has 0 bridgehead atoms. The number of pyridine rings is 2. The molecule has 0 aliphatic heterocycles. The highest BCUT2D eigenvalue weighted by molar-refractivity contribution is 6.02. The highest BCUT2D eigenvalue weighted by atomic mass is 19.4. The van der Waals surface area contributed by atoms with Gasteiger partial charge in [-0.2, -0.15) is 26.3 Å². The molecule has 4 aromatic rings. The Morgan fingerprint density at radius 1 is 0.426 bits per heavy atom. The van der Waals surface area contributed by atoms with E-state index >= 15 is 0 Å². The molecule has 0 aliphatic carbocycles. The first-order valence-corrected chi connectivity index (χ1v) is 22.2. The Morgan fingerprint density at radius 2 is 0.735 bits per heavy atom. The number of fused-ring (bicyclic) bond motifs is 2. The van der Waals surface area contributed by atoms with Crippen LogP contribution >= 0.6 is 0 Å². The van der Waals surface area contributed by atoms with E-state index in [1.807, 2.05) is 60.7 Å². The molecular formula is C46H60F6N8O8. The Labute approximate surface area is 389 Å². The Bertz CT molecular complexity index is 2020. The average Bonchev–Trinajstić information content (AvgIpc) is 3.29. The minimum atomic E-state index is -5.08. The van der Waals surface area contributed by atoms with Gasteiger partial charge in [0, 0.05) is 61.9 Å². The average molecular weight is 967 g/mol. The minimum absolute atomic E-state index is 0.108. The molecule has 0 saturated heterocycles. The number of anilines is 2. The lowest BCUT2D eigenvalue weighted by molar-refractivity contribution is -0.193. The van der Waals surface area contributed by atoms with Crippen LogP contribution in [0.3, 0.4) is 0 Å². The highest BCUT2D eigenvalue weighted by Gasteiger charge is 2.39. The van der Waals surface area contributed by atoms with Crippen LogP contribution in [0.4, 0.5) is 37.7 Å². The quantitative estimate of drug-likeness (QED) is 0.0214. The second-order valence-corrected chi connectivity index (χ2v) is 15.2. The summed E-state index contributed by atoms with van der Waals surface area (Å²) < 4.78 is 63.5. The van der Waals surface area contributed by atoms with Crippen molar-refractivity contribution in [2.75, 3.05) is 49.9 Å². The van der Waals surface area contributed by atoms with Gasteiger partial charge in [0.15, 0.2) is 0 Å². The maximum Gasteiger partial charge on any atom is 0.490 e. The highest BCUT2D eigenvalue weighted by Crippen LogP contribution is 2.22. The van der Waals surface area contributed by atoms with Crippen molar-refractivity contribution in [1.29, 1.82) is 0 Å². The normalized spacial score (nSPS) is 11.1. The number of carbonyl (C=O) groups excluding carboxylic acids is 4. The van der Waals surface area contributed by atoms with Crippen molar-refractivity contribution < 1.29 is 65.3 Å². The third kappa shape index (κ3) is 26.1. The molecule has 68 heavy (non-hydrogen) atoms. The van der Waals surface area contributed by atoms with Gasteiger partial charge in [-0.05, 0) is 76.1 Å². The smallest absolute Gasteiger partial charge is 0.475 e. The lowest BCUT2D eigenvalue weighted by Gasteiger charge is -2.09. The number of benzene rings is 2. The fourth-order valence-corrected chi connectivity index (χ4v) is 6.16. The van der Waals surface area contributed by atoms with E-state index in [-0.39, 0.29) is 49.3 Å². The van der Waals surface area contributed by atoms with Gasteiger partial charge in [-0.1, -0.05) is 74.9 Å². The SMILES string of the molecule is O=C(CCC(=O)Nc1cccc2cccnc12)NCCCNCCCCCCCCCCNCCCNC(=O)CCC(=O)Nc1cccc2cccnc12.O=C(O)C(F)(F)F.O=C(O)C(F)(F)F. The van der Waals surface area contributed by atoms with Crippen LogP contribution in [0, 0.1) is 0 Å². The van der Waals surface area contributed by atoms with Crippen LogP contribution in [0.5, 0.6) is 0 Å². The molecule has 4 amide bonds. The number of aromatic nitrogens is 2. The van der Waals surface area contributed by atoms with E-state index in [0.717, 1.165) is 73.7 Å². The molecule has 0 atom stereocenters. The van der Waals surface area contributed by atoms with Crippen molar-refractivity contribution >= 4 is 68.7 Å². The number of nitrogens with one attached hydrogen (secondary N) is 6. The fraction of sp³-hybridized carbons (Fsp3) is 0.478. The first-order valence-electron chi connectivity index (χ1n) is 22.2. The lowest BCUT2D eigenvalue weighted by atomic mass is 10.1. The molecule has 2 aromatic heterocycles. The maximum atomic E-state index is 12.4. The lowest BCUT2D eigenvalue weighted by Crippen LogP contribution is -2.28. The summed E-state index contributed by atoms with van der Waals surface area (Å²) in [6.45, 7) is 4.92. The van der Waals surface area contributed by atoms with Crippen LogP contribution in [0.2, 0.25) is 0 Å².